The lowest BCUT2D eigenvalue weighted by molar-refractivity contribution is 0.0527. The van der Waals surface area contributed by atoms with Gasteiger partial charge in [0.1, 0.15) is 11.9 Å². The number of benzene rings is 2. The summed E-state index contributed by atoms with van der Waals surface area (Å²) in [5.74, 6) is -0.492. The van der Waals surface area contributed by atoms with Crippen LogP contribution >= 0.6 is 0 Å². The van der Waals surface area contributed by atoms with Crippen molar-refractivity contribution in [1.29, 1.82) is 5.26 Å². The molecule has 7 heteroatoms. The molecule has 144 valence electrons. The fraction of sp³-hybridized carbons (Fsp3) is 0.0909. The minimum atomic E-state index is -0.506. The van der Waals surface area contributed by atoms with Gasteiger partial charge in [0, 0.05) is 11.8 Å². The fourth-order valence-corrected chi connectivity index (χ4v) is 2.64. The molecule has 1 aromatic heterocycles. The Bertz CT molecular complexity index is 1090. The average Bonchev–Trinajstić information content (AvgIpc) is 2.75. The maximum atomic E-state index is 12.7. The van der Waals surface area contributed by atoms with Crippen LogP contribution in [0.4, 0.5) is 17.2 Å². The first-order valence-corrected chi connectivity index (χ1v) is 8.92. The van der Waals surface area contributed by atoms with E-state index in [4.69, 9.17) is 4.74 Å². The highest BCUT2D eigenvalue weighted by Gasteiger charge is 2.15. The molecule has 0 unspecified atom stereocenters. The molecule has 0 spiro atoms. The second-order valence-corrected chi connectivity index (χ2v) is 5.93. The minimum Gasteiger partial charge on any atom is -0.462 e. The van der Waals surface area contributed by atoms with E-state index in [0.29, 0.717) is 28.3 Å². The third-order valence-corrected chi connectivity index (χ3v) is 4.00. The van der Waals surface area contributed by atoms with Gasteiger partial charge in [-0.2, -0.15) is 5.26 Å². The molecule has 1 heterocycles. The fourth-order valence-electron chi connectivity index (χ4n) is 2.64. The van der Waals surface area contributed by atoms with Gasteiger partial charge >= 0.3 is 5.97 Å². The molecular weight excluding hydrogens is 368 g/mol. The number of hydrogen-bond donors (Lipinski definition) is 2. The van der Waals surface area contributed by atoms with Crippen molar-refractivity contribution in [3.05, 3.63) is 83.6 Å². The number of nitrogens with one attached hydrogen (secondary N) is 2. The third kappa shape index (κ3) is 4.76. The molecule has 0 saturated heterocycles. The Morgan fingerprint density at radius 2 is 1.79 bits per heavy atom. The zero-order valence-electron chi connectivity index (χ0n) is 15.7. The van der Waals surface area contributed by atoms with Crippen LogP contribution in [0, 0.1) is 11.3 Å². The number of esters is 1. The predicted molar refractivity (Wildman–Crippen MR) is 109 cm³/mol. The van der Waals surface area contributed by atoms with E-state index in [2.05, 4.69) is 21.7 Å². The van der Waals surface area contributed by atoms with Crippen LogP contribution in [0.25, 0.3) is 0 Å². The highest BCUT2D eigenvalue weighted by atomic mass is 16.5. The highest BCUT2D eigenvalue weighted by Crippen LogP contribution is 2.21. The van der Waals surface area contributed by atoms with E-state index in [1.807, 2.05) is 0 Å². The van der Waals surface area contributed by atoms with Crippen molar-refractivity contribution >= 4 is 29.1 Å². The molecule has 0 aliphatic rings. The number of para-hydroxylation sites is 2. The van der Waals surface area contributed by atoms with Crippen molar-refractivity contribution < 1.29 is 14.3 Å². The molecular formula is C22H18N4O3. The van der Waals surface area contributed by atoms with Crippen molar-refractivity contribution in [2.75, 3.05) is 17.2 Å². The van der Waals surface area contributed by atoms with Gasteiger partial charge < -0.3 is 15.4 Å². The summed E-state index contributed by atoms with van der Waals surface area (Å²) in [5, 5.41) is 15.0. The van der Waals surface area contributed by atoms with Crippen molar-refractivity contribution in [2.45, 2.75) is 6.92 Å². The summed E-state index contributed by atoms with van der Waals surface area (Å²) < 4.78 is 5.03. The largest absolute Gasteiger partial charge is 0.462 e. The van der Waals surface area contributed by atoms with Crippen LogP contribution in [0.5, 0.6) is 0 Å². The van der Waals surface area contributed by atoms with Crippen LogP contribution in [-0.2, 0) is 4.74 Å². The lowest BCUT2D eigenvalue weighted by Crippen LogP contribution is -2.16. The van der Waals surface area contributed by atoms with Gasteiger partial charge in [-0.05, 0) is 43.3 Å². The van der Waals surface area contributed by atoms with Gasteiger partial charge in [-0.25, -0.2) is 9.78 Å². The topological polar surface area (TPSA) is 104 Å². The second kappa shape index (κ2) is 9.15. The number of carbonyl (C=O) groups excluding carboxylic acids is 2. The number of rotatable bonds is 6. The monoisotopic (exact) mass is 386 g/mol. The van der Waals surface area contributed by atoms with Gasteiger partial charge in [-0.3, -0.25) is 4.79 Å². The Labute approximate surface area is 168 Å². The number of carbonyl (C=O) groups is 2. The van der Waals surface area contributed by atoms with E-state index in [1.54, 1.807) is 67.6 Å². The zero-order valence-corrected chi connectivity index (χ0v) is 15.7. The maximum absolute atomic E-state index is 12.7. The van der Waals surface area contributed by atoms with E-state index >= 15 is 0 Å². The number of amides is 1. The van der Waals surface area contributed by atoms with Gasteiger partial charge in [0.05, 0.1) is 29.1 Å². The Balaban J connectivity index is 1.81. The van der Waals surface area contributed by atoms with Gasteiger partial charge in [0.2, 0.25) is 0 Å². The van der Waals surface area contributed by atoms with E-state index in [9.17, 15) is 14.9 Å². The summed E-state index contributed by atoms with van der Waals surface area (Å²) in [4.78, 5) is 29.0. The second-order valence-electron chi connectivity index (χ2n) is 5.93. The maximum Gasteiger partial charge on any atom is 0.340 e. The Morgan fingerprint density at radius 3 is 2.55 bits per heavy atom. The van der Waals surface area contributed by atoms with Crippen LogP contribution in [0.15, 0.2) is 66.9 Å². The first-order valence-electron chi connectivity index (χ1n) is 8.92. The summed E-state index contributed by atoms with van der Waals surface area (Å²) >= 11 is 0. The van der Waals surface area contributed by atoms with Crippen LogP contribution in [0.1, 0.15) is 33.2 Å². The van der Waals surface area contributed by atoms with Gasteiger partial charge in [-0.1, -0.05) is 24.3 Å². The molecule has 2 aromatic carbocycles. The summed E-state index contributed by atoms with van der Waals surface area (Å²) in [7, 11) is 0. The predicted octanol–water partition coefficient (Wildman–Crippen LogP) is 4.13. The summed E-state index contributed by atoms with van der Waals surface area (Å²) in [6, 6.07) is 18.9. The molecule has 7 nitrogen and oxygen atoms in total. The molecule has 0 saturated carbocycles. The molecule has 1 amide bonds. The Kier molecular flexibility index (Phi) is 6.18. The molecule has 0 aliphatic heterocycles. The molecule has 2 N–H and O–H groups in total. The SMILES string of the molecule is CCOC(=O)c1ccccc1NC(=O)c1ccnc(Nc2ccccc2C#N)c1. The lowest BCUT2D eigenvalue weighted by atomic mass is 10.1. The van der Waals surface area contributed by atoms with E-state index in [1.165, 1.54) is 6.20 Å². The molecule has 3 rings (SSSR count). The molecule has 3 aromatic rings. The van der Waals surface area contributed by atoms with Gasteiger partial charge in [0.25, 0.3) is 5.91 Å². The summed E-state index contributed by atoms with van der Waals surface area (Å²) in [6.45, 7) is 1.96. The number of aromatic nitrogens is 1. The number of nitriles is 1. The van der Waals surface area contributed by atoms with Gasteiger partial charge in [0.15, 0.2) is 0 Å². The number of hydrogen-bond acceptors (Lipinski definition) is 6. The van der Waals surface area contributed by atoms with Crippen molar-refractivity contribution in [3.8, 4) is 6.07 Å². The quantitative estimate of drug-likeness (QED) is 0.618. The zero-order chi connectivity index (χ0) is 20.6. The summed E-state index contributed by atoms with van der Waals surface area (Å²) in [5.41, 5.74) is 2.03. The molecule has 0 aliphatic carbocycles. The average molecular weight is 386 g/mol. The summed E-state index contributed by atoms with van der Waals surface area (Å²) in [6.07, 6.45) is 1.49. The number of anilines is 3. The molecule has 29 heavy (non-hydrogen) atoms. The number of nitrogens with zero attached hydrogens (tertiary/aromatic N) is 2. The van der Waals surface area contributed by atoms with E-state index in [0.717, 1.165) is 0 Å². The normalized spacial score (nSPS) is 9.93. The molecule has 0 radical (unpaired) electrons. The minimum absolute atomic E-state index is 0.241. The third-order valence-electron chi connectivity index (χ3n) is 4.00. The lowest BCUT2D eigenvalue weighted by Gasteiger charge is -2.11. The smallest absolute Gasteiger partial charge is 0.340 e. The molecule has 0 fully saturated rings. The Hall–Kier alpha value is -4.18. The first-order chi connectivity index (χ1) is 14.1. The Morgan fingerprint density at radius 1 is 1.07 bits per heavy atom. The van der Waals surface area contributed by atoms with Crippen molar-refractivity contribution in [1.82, 2.24) is 4.98 Å². The van der Waals surface area contributed by atoms with Crippen LogP contribution < -0.4 is 10.6 Å². The van der Waals surface area contributed by atoms with Crippen molar-refractivity contribution in [3.63, 3.8) is 0 Å². The van der Waals surface area contributed by atoms with Crippen LogP contribution in [0.2, 0.25) is 0 Å². The first kappa shape index (κ1) is 19.6. The standard InChI is InChI=1S/C22H18N4O3/c1-2-29-22(28)17-8-4-6-10-19(17)26-21(27)15-11-12-24-20(13-15)25-18-9-5-3-7-16(18)14-23/h3-13H,2H2,1H3,(H,24,25)(H,26,27). The highest BCUT2D eigenvalue weighted by molar-refractivity contribution is 6.08. The van der Waals surface area contributed by atoms with Crippen LogP contribution in [-0.4, -0.2) is 23.5 Å². The molecule has 0 bridgehead atoms. The molecule has 0 atom stereocenters. The number of pyridine rings is 1. The van der Waals surface area contributed by atoms with Crippen molar-refractivity contribution in [2.24, 2.45) is 0 Å². The number of ether oxygens (including phenoxy) is 1. The van der Waals surface area contributed by atoms with E-state index in [-0.39, 0.29) is 12.2 Å². The van der Waals surface area contributed by atoms with E-state index < -0.39 is 11.9 Å². The van der Waals surface area contributed by atoms with Crippen LogP contribution in [0.3, 0.4) is 0 Å². The van der Waals surface area contributed by atoms with Gasteiger partial charge in [-0.15, -0.1) is 0 Å².